The van der Waals surface area contributed by atoms with Crippen molar-refractivity contribution in [2.24, 2.45) is 7.05 Å². The van der Waals surface area contributed by atoms with Crippen molar-refractivity contribution in [2.75, 3.05) is 6.54 Å². The SMILES string of the molecule is Cc1cc(O)c(C(=O)/C=C/c2ccc(C(=O)NCC(=O)O)cc2)c(=O)n1C. The minimum atomic E-state index is -1.15. The Morgan fingerprint density at radius 3 is 2.41 bits per heavy atom. The van der Waals surface area contributed by atoms with Gasteiger partial charge < -0.3 is 20.1 Å². The highest BCUT2D eigenvalue weighted by Gasteiger charge is 2.16. The van der Waals surface area contributed by atoms with E-state index in [0.717, 1.165) is 6.08 Å². The smallest absolute Gasteiger partial charge is 0.322 e. The van der Waals surface area contributed by atoms with E-state index in [9.17, 15) is 24.3 Å². The average Bonchev–Trinajstić information content (AvgIpc) is 2.63. The number of carboxylic acid groups (broad SMARTS) is 1. The zero-order chi connectivity index (χ0) is 20.1. The molecule has 0 aliphatic heterocycles. The summed E-state index contributed by atoms with van der Waals surface area (Å²) >= 11 is 0. The fourth-order valence-electron chi connectivity index (χ4n) is 2.29. The van der Waals surface area contributed by atoms with Gasteiger partial charge in [-0.1, -0.05) is 18.2 Å². The van der Waals surface area contributed by atoms with Crippen molar-refractivity contribution in [2.45, 2.75) is 6.92 Å². The number of carboxylic acids is 1. The van der Waals surface area contributed by atoms with Gasteiger partial charge in [-0.15, -0.1) is 0 Å². The zero-order valence-electron chi connectivity index (χ0n) is 14.7. The van der Waals surface area contributed by atoms with Crippen molar-refractivity contribution in [1.29, 1.82) is 0 Å². The summed E-state index contributed by atoms with van der Waals surface area (Å²) in [4.78, 5) is 46.6. The maximum Gasteiger partial charge on any atom is 0.322 e. The number of carbonyl (C=O) groups excluding carboxylic acids is 2. The third-order valence-electron chi connectivity index (χ3n) is 3.90. The number of rotatable bonds is 6. The maximum atomic E-state index is 12.3. The van der Waals surface area contributed by atoms with Crippen molar-refractivity contribution >= 4 is 23.7 Å². The van der Waals surface area contributed by atoms with Gasteiger partial charge in [0.05, 0.1) is 0 Å². The van der Waals surface area contributed by atoms with Crippen LogP contribution < -0.4 is 10.9 Å². The second-order valence-corrected chi connectivity index (χ2v) is 5.81. The van der Waals surface area contributed by atoms with E-state index in [4.69, 9.17) is 5.11 Å². The van der Waals surface area contributed by atoms with E-state index in [2.05, 4.69) is 5.32 Å². The molecule has 0 saturated heterocycles. The molecule has 2 aromatic rings. The molecule has 0 atom stereocenters. The summed E-state index contributed by atoms with van der Waals surface area (Å²) in [6.45, 7) is 1.16. The number of ketones is 1. The lowest BCUT2D eigenvalue weighted by Gasteiger charge is -2.07. The van der Waals surface area contributed by atoms with E-state index in [1.807, 2.05) is 0 Å². The molecule has 1 amide bonds. The lowest BCUT2D eigenvalue weighted by atomic mass is 10.1. The molecule has 3 N–H and O–H groups in total. The Bertz CT molecular complexity index is 986. The van der Waals surface area contributed by atoms with E-state index < -0.39 is 29.8 Å². The molecule has 140 valence electrons. The van der Waals surface area contributed by atoms with Gasteiger partial charge in [-0.25, -0.2) is 0 Å². The Kier molecular flexibility index (Phi) is 5.92. The lowest BCUT2D eigenvalue weighted by molar-refractivity contribution is -0.135. The van der Waals surface area contributed by atoms with Crippen LogP contribution in [0.25, 0.3) is 6.08 Å². The number of carbonyl (C=O) groups is 3. The van der Waals surface area contributed by atoms with Gasteiger partial charge in [-0.2, -0.15) is 0 Å². The molecule has 0 unspecified atom stereocenters. The van der Waals surface area contributed by atoms with E-state index in [0.29, 0.717) is 11.3 Å². The van der Waals surface area contributed by atoms with Gasteiger partial charge in [0.15, 0.2) is 5.78 Å². The van der Waals surface area contributed by atoms with E-state index in [1.54, 1.807) is 19.1 Å². The highest BCUT2D eigenvalue weighted by molar-refractivity contribution is 6.08. The van der Waals surface area contributed by atoms with Crippen LogP contribution in [0.3, 0.4) is 0 Å². The molecule has 1 heterocycles. The van der Waals surface area contributed by atoms with Crippen molar-refractivity contribution in [1.82, 2.24) is 9.88 Å². The molecule has 8 heteroatoms. The Morgan fingerprint density at radius 1 is 1.19 bits per heavy atom. The molecule has 1 aromatic heterocycles. The van der Waals surface area contributed by atoms with Crippen molar-refractivity contribution in [3.05, 3.63) is 69.1 Å². The minimum absolute atomic E-state index is 0.268. The van der Waals surface area contributed by atoms with Crippen LogP contribution in [0, 0.1) is 6.92 Å². The largest absolute Gasteiger partial charge is 0.507 e. The number of aromatic hydroxyl groups is 1. The average molecular weight is 370 g/mol. The minimum Gasteiger partial charge on any atom is -0.507 e. The molecule has 0 spiro atoms. The Morgan fingerprint density at radius 2 is 1.81 bits per heavy atom. The summed E-state index contributed by atoms with van der Waals surface area (Å²) in [7, 11) is 1.51. The van der Waals surface area contributed by atoms with Crippen LogP contribution in [0.1, 0.15) is 32.0 Å². The predicted molar refractivity (Wildman–Crippen MR) is 97.9 cm³/mol. The number of nitrogens with zero attached hydrogens (tertiary/aromatic N) is 1. The molecular weight excluding hydrogens is 352 g/mol. The number of hydrogen-bond donors (Lipinski definition) is 3. The topological polar surface area (TPSA) is 126 Å². The molecule has 27 heavy (non-hydrogen) atoms. The van der Waals surface area contributed by atoms with Crippen molar-refractivity contribution < 1.29 is 24.6 Å². The lowest BCUT2D eigenvalue weighted by Crippen LogP contribution is -2.29. The van der Waals surface area contributed by atoms with Gasteiger partial charge in [0.25, 0.3) is 11.5 Å². The first-order valence-electron chi connectivity index (χ1n) is 7.92. The van der Waals surface area contributed by atoms with Crippen LogP contribution in [0.5, 0.6) is 5.75 Å². The molecule has 0 fully saturated rings. The third kappa shape index (κ3) is 4.69. The fourth-order valence-corrected chi connectivity index (χ4v) is 2.29. The van der Waals surface area contributed by atoms with Crippen LogP contribution in [0.4, 0.5) is 0 Å². The van der Waals surface area contributed by atoms with Gasteiger partial charge in [-0.05, 0) is 30.7 Å². The summed E-state index contributed by atoms with van der Waals surface area (Å²) in [6.07, 6.45) is 2.60. The van der Waals surface area contributed by atoms with Gasteiger partial charge in [0.2, 0.25) is 0 Å². The first kappa shape index (κ1) is 19.6. The number of pyridine rings is 1. The standard InChI is InChI=1S/C19H18N2O6/c1-11-9-15(23)17(19(27)21(11)2)14(22)8-5-12-3-6-13(7-4-12)18(26)20-10-16(24)25/h3-9,23H,10H2,1-2H3,(H,20,26)(H,24,25)/b8-5+. The molecular formula is C19H18N2O6. The summed E-state index contributed by atoms with van der Waals surface area (Å²) in [5.74, 6) is -2.70. The monoisotopic (exact) mass is 370 g/mol. The Hall–Kier alpha value is -3.68. The highest BCUT2D eigenvalue weighted by atomic mass is 16.4. The summed E-state index contributed by atoms with van der Waals surface area (Å²) < 4.78 is 1.27. The Balaban J connectivity index is 2.16. The summed E-state index contributed by atoms with van der Waals surface area (Å²) in [5.41, 5.74) is 0.470. The van der Waals surface area contributed by atoms with Crippen LogP contribution in [0.15, 0.2) is 41.2 Å². The number of hydrogen-bond acceptors (Lipinski definition) is 5. The number of aliphatic carboxylic acids is 1. The van der Waals surface area contributed by atoms with Crippen LogP contribution in [-0.2, 0) is 11.8 Å². The van der Waals surface area contributed by atoms with Gasteiger partial charge in [0, 0.05) is 24.4 Å². The molecule has 2 rings (SSSR count). The number of allylic oxidation sites excluding steroid dienone is 1. The number of nitrogens with one attached hydrogen (secondary N) is 1. The number of aryl methyl sites for hydroxylation is 1. The highest BCUT2D eigenvalue weighted by Crippen LogP contribution is 2.16. The van der Waals surface area contributed by atoms with Crippen molar-refractivity contribution in [3.8, 4) is 5.75 Å². The quantitative estimate of drug-likeness (QED) is 0.517. The van der Waals surface area contributed by atoms with Gasteiger partial charge in [-0.3, -0.25) is 19.2 Å². The summed E-state index contributed by atoms with van der Waals surface area (Å²) in [5, 5.41) is 20.7. The normalized spacial score (nSPS) is 10.7. The second kappa shape index (κ2) is 8.13. The molecule has 0 aliphatic carbocycles. The molecule has 0 bridgehead atoms. The second-order valence-electron chi connectivity index (χ2n) is 5.81. The number of aromatic nitrogens is 1. The Labute approximate surface area is 154 Å². The molecule has 0 saturated carbocycles. The maximum absolute atomic E-state index is 12.3. The van der Waals surface area contributed by atoms with Crippen LogP contribution in [0.2, 0.25) is 0 Å². The van der Waals surface area contributed by atoms with Gasteiger partial charge in [0.1, 0.15) is 17.9 Å². The molecule has 0 radical (unpaired) electrons. The van der Waals surface area contributed by atoms with Crippen LogP contribution in [-0.4, -0.2) is 39.0 Å². The molecule has 1 aromatic carbocycles. The summed E-state index contributed by atoms with van der Waals surface area (Å²) in [6, 6.07) is 7.42. The van der Waals surface area contributed by atoms with Gasteiger partial charge >= 0.3 is 5.97 Å². The van der Waals surface area contributed by atoms with E-state index in [-0.39, 0.29) is 16.9 Å². The number of amides is 1. The van der Waals surface area contributed by atoms with E-state index in [1.165, 1.54) is 35.9 Å². The van der Waals surface area contributed by atoms with E-state index >= 15 is 0 Å². The first-order chi connectivity index (χ1) is 12.7. The number of benzene rings is 1. The predicted octanol–water partition coefficient (Wildman–Crippen LogP) is 1.11. The fraction of sp³-hybridized carbons (Fsp3) is 0.158. The third-order valence-corrected chi connectivity index (χ3v) is 3.90. The van der Waals surface area contributed by atoms with Crippen LogP contribution >= 0.6 is 0 Å². The first-order valence-corrected chi connectivity index (χ1v) is 7.92. The zero-order valence-corrected chi connectivity index (χ0v) is 14.7. The molecule has 8 nitrogen and oxygen atoms in total. The van der Waals surface area contributed by atoms with Crippen molar-refractivity contribution in [3.63, 3.8) is 0 Å². The molecule has 0 aliphatic rings.